The van der Waals surface area contributed by atoms with Crippen molar-refractivity contribution in [2.45, 2.75) is 142 Å². The summed E-state index contributed by atoms with van der Waals surface area (Å²) in [5, 5.41) is 12.8. The van der Waals surface area contributed by atoms with Gasteiger partial charge in [-0.3, -0.25) is 24.1 Å². The van der Waals surface area contributed by atoms with Gasteiger partial charge in [0.05, 0.1) is 6.04 Å². The number of hydrogen-bond donors (Lipinski definition) is 5. The number of carbonyl (C=O) groups excluding carboxylic acids is 5. The van der Waals surface area contributed by atoms with Crippen molar-refractivity contribution in [3.05, 3.63) is 0 Å². The third-order valence-corrected chi connectivity index (χ3v) is 14.7. The fourth-order valence-corrected chi connectivity index (χ4v) is 11.0. The smallest absolute Gasteiger partial charge is 0.315 e. The highest BCUT2D eigenvalue weighted by Crippen LogP contribution is 2.88. The Morgan fingerprint density at radius 1 is 0.863 bits per heavy atom. The van der Waals surface area contributed by atoms with Crippen molar-refractivity contribution in [1.29, 1.82) is 0 Å². The van der Waals surface area contributed by atoms with Gasteiger partial charge in [-0.1, -0.05) is 79.6 Å². The van der Waals surface area contributed by atoms with Crippen LogP contribution in [0.1, 0.15) is 118 Å². The fourth-order valence-electron chi connectivity index (χ4n) is 11.0. The van der Waals surface area contributed by atoms with Gasteiger partial charge in [0.2, 0.25) is 17.6 Å². The van der Waals surface area contributed by atoms with Crippen molar-refractivity contribution in [2.24, 2.45) is 39.2 Å². The topological polar surface area (TPSA) is 166 Å². The molecule has 4 aliphatic carbocycles. The SMILES string of the molecule is CC(C)(C)[C@H](NC(=O)N[C@H](CN1CCNCC1)C1CCCCC1)C(=O)N1CC2(C[C@H]1C(=O)NC(CC1CCC1)C(=O)C(N)=O)C(C)(C)C21CCC1. The molecule has 4 saturated carbocycles. The fraction of sp³-hybridized carbons (Fsp3) is 0.872. The second-order valence-electron chi connectivity index (χ2n) is 18.6. The van der Waals surface area contributed by atoms with E-state index in [4.69, 9.17) is 5.73 Å². The van der Waals surface area contributed by atoms with Gasteiger partial charge in [-0.15, -0.1) is 0 Å². The first-order chi connectivity index (χ1) is 24.1. The number of Topliss-reactive ketones (excluding diaryl/α,β-unsaturated/α-hetero) is 1. The Labute approximate surface area is 304 Å². The number of rotatable bonds is 12. The molecule has 2 spiro atoms. The Hall–Kier alpha value is -2.73. The molecule has 0 aromatic carbocycles. The standard InChI is InChI=1S/C39H65N7O5/c1-36(2,3)31(44-35(51)43-28(26-13-7-6-8-14-26)23-45-19-17-41-18-20-45)34(50)46-24-39(37(4,5)38(39)15-10-16-38)22-29(46)33(49)42-27(30(47)32(40)48)21-25-11-9-12-25/h25-29,31,41H,6-24H2,1-5H3,(H2,40,48)(H,42,49)(H2,43,44,51)/t27?,28-,29+,31-,39?/m1/s1. The number of hydrogen-bond acceptors (Lipinski definition) is 7. The highest BCUT2D eigenvalue weighted by atomic mass is 16.2. The maximum atomic E-state index is 14.9. The van der Waals surface area contributed by atoms with E-state index in [0.29, 0.717) is 25.3 Å². The number of carbonyl (C=O) groups is 5. The van der Waals surface area contributed by atoms with Crippen molar-refractivity contribution in [2.75, 3.05) is 39.3 Å². The van der Waals surface area contributed by atoms with E-state index in [1.807, 2.05) is 20.8 Å². The molecule has 2 unspecified atom stereocenters. The zero-order valence-corrected chi connectivity index (χ0v) is 31.9. The summed E-state index contributed by atoms with van der Waals surface area (Å²) >= 11 is 0. The van der Waals surface area contributed by atoms with Crippen molar-refractivity contribution in [3.63, 3.8) is 0 Å². The van der Waals surface area contributed by atoms with Crippen LogP contribution in [0.2, 0.25) is 0 Å². The number of fused-ring (bicyclic) bond motifs is 1. The van der Waals surface area contributed by atoms with Crippen LogP contribution >= 0.6 is 0 Å². The van der Waals surface area contributed by atoms with Crippen LogP contribution in [0, 0.1) is 33.5 Å². The lowest BCUT2D eigenvalue weighted by molar-refractivity contribution is -0.143. The van der Waals surface area contributed by atoms with Crippen LogP contribution in [-0.2, 0) is 19.2 Å². The lowest BCUT2D eigenvalue weighted by atomic mass is 9.73. The predicted molar refractivity (Wildman–Crippen MR) is 195 cm³/mol. The van der Waals surface area contributed by atoms with Gasteiger partial charge in [0.25, 0.3) is 5.91 Å². The number of amides is 5. The average molecular weight is 712 g/mol. The summed E-state index contributed by atoms with van der Waals surface area (Å²) < 4.78 is 0. The second kappa shape index (κ2) is 14.6. The number of likely N-dealkylation sites (tertiary alicyclic amines) is 1. The van der Waals surface area contributed by atoms with E-state index >= 15 is 0 Å². The van der Waals surface area contributed by atoms with E-state index in [1.165, 1.54) is 19.3 Å². The molecule has 5 atom stereocenters. The minimum absolute atomic E-state index is 0.0196. The number of primary amides is 1. The molecule has 12 nitrogen and oxygen atoms in total. The van der Waals surface area contributed by atoms with Crippen molar-refractivity contribution < 1.29 is 24.0 Å². The molecule has 0 aromatic heterocycles. The molecule has 2 aliphatic heterocycles. The Bertz CT molecular complexity index is 1340. The molecule has 6 fully saturated rings. The number of nitrogens with one attached hydrogen (secondary N) is 4. The van der Waals surface area contributed by atoms with Gasteiger partial charge in [0.1, 0.15) is 12.1 Å². The largest absolute Gasteiger partial charge is 0.363 e. The van der Waals surface area contributed by atoms with Crippen LogP contribution in [0.5, 0.6) is 0 Å². The highest BCUT2D eigenvalue weighted by molar-refractivity contribution is 6.37. The average Bonchev–Trinajstić information content (AvgIpc) is 3.26. The summed E-state index contributed by atoms with van der Waals surface area (Å²) in [6.07, 6.45) is 12.8. The van der Waals surface area contributed by atoms with Crippen LogP contribution < -0.4 is 27.0 Å². The molecule has 12 heteroatoms. The zero-order valence-electron chi connectivity index (χ0n) is 31.9. The van der Waals surface area contributed by atoms with E-state index < -0.39 is 41.1 Å². The second-order valence-corrected chi connectivity index (χ2v) is 18.6. The summed E-state index contributed by atoms with van der Waals surface area (Å²) in [6, 6.07) is -3.08. The maximum Gasteiger partial charge on any atom is 0.315 e. The van der Waals surface area contributed by atoms with E-state index in [0.717, 1.165) is 84.1 Å². The van der Waals surface area contributed by atoms with Gasteiger partial charge in [-0.25, -0.2) is 4.79 Å². The lowest BCUT2D eigenvalue weighted by Gasteiger charge is -2.38. The summed E-state index contributed by atoms with van der Waals surface area (Å²) in [6.45, 7) is 15.4. The van der Waals surface area contributed by atoms with Crippen LogP contribution in [-0.4, -0.2) is 103 Å². The first kappa shape index (κ1) is 38.0. The number of piperazine rings is 1. The van der Waals surface area contributed by atoms with Gasteiger partial charge < -0.3 is 31.9 Å². The van der Waals surface area contributed by atoms with Crippen LogP contribution in [0.15, 0.2) is 0 Å². The molecule has 5 amide bonds. The van der Waals surface area contributed by atoms with Crippen molar-refractivity contribution in [3.8, 4) is 0 Å². The summed E-state index contributed by atoms with van der Waals surface area (Å²) in [4.78, 5) is 72.3. The van der Waals surface area contributed by atoms with Crippen LogP contribution in [0.4, 0.5) is 4.79 Å². The van der Waals surface area contributed by atoms with E-state index in [1.54, 1.807) is 4.90 Å². The van der Waals surface area contributed by atoms with Gasteiger partial charge in [0.15, 0.2) is 0 Å². The number of nitrogens with two attached hydrogens (primary N) is 1. The molecule has 0 radical (unpaired) electrons. The molecule has 2 heterocycles. The minimum Gasteiger partial charge on any atom is -0.363 e. The predicted octanol–water partition coefficient (Wildman–Crippen LogP) is 3.08. The van der Waals surface area contributed by atoms with E-state index in [9.17, 15) is 24.0 Å². The first-order valence-corrected chi connectivity index (χ1v) is 20.0. The molecule has 0 bridgehead atoms. The molecule has 2 saturated heterocycles. The Morgan fingerprint density at radius 3 is 2.06 bits per heavy atom. The molecule has 286 valence electrons. The quantitative estimate of drug-likeness (QED) is 0.194. The maximum absolute atomic E-state index is 14.9. The highest BCUT2D eigenvalue weighted by Gasteiger charge is 2.85. The molecule has 51 heavy (non-hydrogen) atoms. The molecule has 6 rings (SSSR count). The third-order valence-electron chi connectivity index (χ3n) is 14.7. The third kappa shape index (κ3) is 7.17. The van der Waals surface area contributed by atoms with Gasteiger partial charge in [-0.05, 0) is 66.6 Å². The van der Waals surface area contributed by atoms with Gasteiger partial charge >= 0.3 is 6.03 Å². The van der Waals surface area contributed by atoms with Gasteiger partial charge in [0, 0.05) is 50.7 Å². The van der Waals surface area contributed by atoms with Crippen molar-refractivity contribution >= 4 is 29.5 Å². The Balaban J connectivity index is 1.22. The van der Waals surface area contributed by atoms with Crippen molar-refractivity contribution in [1.82, 2.24) is 31.1 Å². The number of ketones is 1. The van der Waals surface area contributed by atoms with E-state index in [2.05, 4.69) is 40.0 Å². The first-order valence-electron chi connectivity index (χ1n) is 20.0. The lowest BCUT2D eigenvalue weighted by Crippen LogP contribution is -2.61. The number of urea groups is 1. The van der Waals surface area contributed by atoms with Crippen LogP contribution in [0.3, 0.4) is 0 Å². The van der Waals surface area contributed by atoms with Crippen LogP contribution in [0.25, 0.3) is 0 Å². The van der Waals surface area contributed by atoms with Gasteiger partial charge in [-0.2, -0.15) is 0 Å². The summed E-state index contributed by atoms with van der Waals surface area (Å²) in [5.41, 5.74) is 4.58. The van der Waals surface area contributed by atoms with E-state index in [-0.39, 0.29) is 40.1 Å². The molecular formula is C39H65N7O5. The number of nitrogens with zero attached hydrogens (tertiary/aromatic N) is 2. The zero-order chi connectivity index (χ0) is 36.8. The Kier molecular flexibility index (Phi) is 10.9. The molecule has 6 aliphatic rings. The summed E-state index contributed by atoms with van der Waals surface area (Å²) in [7, 11) is 0. The molecule has 6 N–H and O–H groups in total. The molecular weight excluding hydrogens is 646 g/mol. The normalized spacial score (nSPS) is 29.4. The monoisotopic (exact) mass is 712 g/mol. The molecule has 0 aromatic rings. The minimum atomic E-state index is -1.06. The summed E-state index contributed by atoms with van der Waals surface area (Å²) in [5.74, 6) is -1.90. The Morgan fingerprint density at radius 2 is 1.53 bits per heavy atom.